The fraction of sp³-hybridized carbons (Fsp3) is 0.609. The molecule has 7 nitrogen and oxygen atoms in total. The Labute approximate surface area is 179 Å². The average Bonchev–Trinajstić information content (AvgIpc) is 2.99. The molecule has 2 saturated heterocycles. The zero-order valence-electron chi connectivity index (χ0n) is 18.2. The van der Waals surface area contributed by atoms with Crippen molar-refractivity contribution < 1.29 is 14.4 Å². The molecule has 0 radical (unpaired) electrons. The minimum atomic E-state index is -0.516. The van der Waals surface area contributed by atoms with Crippen LogP contribution in [0.4, 0.5) is 10.5 Å². The van der Waals surface area contributed by atoms with E-state index in [1.807, 2.05) is 41.8 Å². The van der Waals surface area contributed by atoms with Crippen molar-refractivity contribution in [2.24, 2.45) is 5.92 Å². The van der Waals surface area contributed by atoms with Crippen molar-refractivity contribution >= 4 is 23.5 Å². The average molecular weight is 415 g/mol. The van der Waals surface area contributed by atoms with Crippen LogP contribution >= 0.6 is 0 Å². The number of rotatable bonds is 4. The second-order valence-electron chi connectivity index (χ2n) is 8.61. The van der Waals surface area contributed by atoms with E-state index in [0.29, 0.717) is 18.8 Å². The van der Waals surface area contributed by atoms with Crippen molar-refractivity contribution in [3.05, 3.63) is 29.3 Å². The van der Waals surface area contributed by atoms with Gasteiger partial charge >= 0.3 is 6.03 Å². The number of nitrogens with one attached hydrogen (secondary N) is 2. The zero-order valence-corrected chi connectivity index (χ0v) is 18.2. The first-order chi connectivity index (χ1) is 14.4. The van der Waals surface area contributed by atoms with E-state index in [2.05, 4.69) is 10.6 Å². The summed E-state index contributed by atoms with van der Waals surface area (Å²) in [5, 5.41) is 5.13. The lowest BCUT2D eigenvalue weighted by atomic mass is 9.95. The van der Waals surface area contributed by atoms with Crippen LogP contribution in [0, 0.1) is 19.8 Å². The second kappa shape index (κ2) is 10.6. The number of anilines is 1. The van der Waals surface area contributed by atoms with Crippen LogP contribution < -0.4 is 10.6 Å². The minimum absolute atomic E-state index is 0.0650. The van der Waals surface area contributed by atoms with Crippen molar-refractivity contribution in [3.63, 3.8) is 0 Å². The molecule has 4 amide bonds. The van der Waals surface area contributed by atoms with Gasteiger partial charge in [0.15, 0.2) is 0 Å². The largest absolute Gasteiger partial charge is 0.342 e. The predicted octanol–water partition coefficient (Wildman–Crippen LogP) is 3.07. The van der Waals surface area contributed by atoms with E-state index in [1.54, 1.807) is 0 Å². The molecule has 164 valence electrons. The highest BCUT2D eigenvalue weighted by molar-refractivity contribution is 6.02. The third kappa shape index (κ3) is 6.29. The molecule has 2 N–H and O–H groups in total. The van der Waals surface area contributed by atoms with Crippen LogP contribution in [0.5, 0.6) is 0 Å². The summed E-state index contributed by atoms with van der Waals surface area (Å²) < 4.78 is 0. The number of likely N-dealkylation sites (tertiary alicyclic amines) is 2. The van der Waals surface area contributed by atoms with E-state index in [4.69, 9.17) is 0 Å². The first-order valence-electron chi connectivity index (χ1n) is 11.1. The Morgan fingerprint density at radius 3 is 2.27 bits per heavy atom. The number of imide groups is 1. The maximum Gasteiger partial charge on any atom is 0.325 e. The van der Waals surface area contributed by atoms with Crippen molar-refractivity contribution in [3.8, 4) is 0 Å². The molecular weight excluding hydrogens is 380 g/mol. The summed E-state index contributed by atoms with van der Waals surface area (Å²) in [6.07, 6.45) is 6.20. The molecular formula is C23H34N4O3. The van der Waals surface area contributed by atoms with Gasteiger partial charge in [0, 0.05) is 24.7 Å². The third-order valence-electron chi connectivity index (χ3n) is 6.10. The highest BCUT2D eigenvalue weighted by Gasteiger charge is 2.29. The number of hydrogen-bond donors (Lipinski definition) is 2. The van der Waals surface area contributed by atoms with Gasteiger partial charge in [-0.1, -0.05) is 30.5 Å². The van der Waals surface area contributed by atoms with Gasteiger partial charge in [0.2, 0.25) is 11.8 Å². The molecule has 7 heteroatoms. The molecule has 2 aliphatic heterocycles. The van der Waals surface area contributed by atoms with Gasteiger partial charge in [-0.25, -0.2) is 4.79 Å². The van der Waals surface area contributed by atoms with E-state index in [0.717, 1.165) is 49.9 Å². The molecule has 0 atom stereocenters. The number of aryl methyl sites for hydroxylation is 2. The summed E-state index contributed by atoms with van der Waals surface area (Å²) in [5.74, 6) is 0.0265. The smallest absolute Gasteiger partial charge is 0.325 e. The third-order valence-corrected chi connectivity index (χ3v) is 6.10. The second-order valence-corrected chi connectivity index (χ2v) is 8.61. The molecule has 2 aliphatic rings. The summed E-state index contributed by atoms with van der Waals surface area (Å²) >= 11 is 0. The Morgan fingerprint density at radius 1 is 0.967 bits per heavy atom. The summed E-state index contributed by atoms with van der Waals surface area (Å²) in [6, 6.07) is 5.22. The van der Waals surface area contributed by atoms with E-state index < -0.39 is 6.03 Å². The number of nitrogens with zero attached hydrogens (tertiary/aromatic N) is 2. The molecule has 0 aromatic heterocycles. The molecule has 2 heterocycles. The van der Waals surface area contributed by atoms with Crippen LogP contribution in [-0.4, -0.2) is 60.4 Å². The summed E-state index contributed by atoms with van der Waals surface area (Å²) in [7, 11) is 0. The van der Waals surface area contributed by atoms with Crippen LogP contribution in [-0.2, 0) is 9.59 Å². The fourth-order valence-electron chi connectivity index (χ4n) is 4.36. The van der Waals surface area contributed by atoms with Crippen LogP contribution in [0.25, 0.3) is 0 Å². The van der Waals surface area contributed by atoms with Gasteiger partial charge in [-0.3, -0.25) is 19.8 Å². The Kier molecular flexibility index (Phi) is 7.85. The van der Waals surface area contributed by atoms with Gasteiger partial charge in [0.1, 0.15) is 0 Å². The van der Waals surface area contributed by atoms with Crippen molar-refractivity contribution in [2.45, 2.75) is 52.4 Å². The number of urea groups is 1. The molecule has 0 bridgehead atoms. The zero-order chi connectivity index (χ0) is 21.5. The SMILES string of the molecule is Cc1ccc(NC(=O)NC(=O)CN2CCC(C(=O)N3CCCCCC3)CC2)c(C)c1. The molecule has 2 fully saturated rings. The fourth-order valence-corrected chi connectivity index (χ4v) is 4.36. The van der Waals surface area contributed by atoms with Crippen LogP contribution in [0.15, 0.2) is 18.2 Å². The van der Waals surface area contributed by atoms with Gasteiger partial charge in [0.25, 0.3) is 0 Å². The van der Waals surface area contributed by atoms with Gasteiger partial charge in [-0.15, -0.1) is 0 Å². The number of hydrogen-bond acceptors (Lipinski definition) is 4. The Morgan fingerprint density at radius 2 is 1.63 bits per heavy atom. The maximum absolute atomic E-state index is 12.8. The highest BCUT2D eigenvalue weighted by Crippen LogP contribution is 2.21. The summed E-state index contributed by atoms with van der Waals surface area (Å²) in [4.78, 5) is 41.2. The maximum atomic E-state index is 12.8. The van der Waals surface area contributed by atoms with Crippen molar-refractivity contribution in [1.29, 1.82) is 0 Å². The normalized spacial score (nSPS) is 18.5. The quantitative estimate of drug-likeness (QED) is 0.793. The van der Waals surface area contributed by atoms with Gasteiger partial charge in [-0.2, -0.15) is 0 Å². The van der Waals surface area contributed by atoms with E-state index >= 15 is 0 Å². The lowest BCUT2D eigenvalue weighted by Gasteiger charge is -2.33. The molecule has 3 rings (SSSR count). The van der Waals surface area contributed by atoms with Gasteiger partial charge in [-0.05, 0) is 64.3 Å². The molecule has 1 aromatic rings. The first kappa shape index (κ1) is 22.3. The van der Waals surface area contributed by atoms with E-state index in [9.17, 15) is 14.4 Å². The first-order valence-corrected chi connectivity index (χ1v) is 11.1. The molecule has 30 heavy (non-hydrogen) atoms. The summed E-state index contributed by atoms with van der Waals surface area (Å²) in [5.41, 5.74) is 2.76. The van der Waals surface area contributed by atoms with Gasteiger partial charge in [0.05, 0.1) is 6.54 Å². The number of piperidine rings is 1. The number of carbonyl (C=O) groups is 3. The Bertz CT molecular complexity index is 764. The van der Waals surface area contributed by atoms with E-state index in [-0.39, 0.29) is 24.3 Å². The lowest BCUT2D eigenvalue weighted by Crippen LogP contribution is -2.47. The predicted molar refractivity (Wildman–Crippen MR) is 117 cm³/mol. The summed E-state index contributed by atoms with van der Waals surface area (Å²) in [6.45, 7) is 7.26. The Balaban J connectivity index is 1.40. The minimum Gasteiger partial charge on any atom is -0.342 e. The van der Waals surface area contributed by atoms with Crippen LogP contribution in [0.1, 0.15) is 49.7 Å². The number of benzene rings is 1. The Hall–Kier alpha value is -2.41. The van der Waals surface area contributed by atoms with Crippen molar-refractivity contribution in [1.82, 2.24) is 15.1 Å². The van der Waals surface area contributed by atoms with Crippen LogP contribution in [0.3, 0.4) is 0 Å². The highest BCUT2D eigenvalue weighted by atomic mass is 16.2. The molecule has 0 saturated carbocycles. The number of carbonyl (C=O) groups excluding carboxylic acids is 3. The van der Waals surface area contributed by atoms with E-state index in [1.165, 1.54) is 12.8 Å². The van der Waals surface area contributed by atoms with Crippen molar-refractivity contribution in [2.75, 3.05) is 38.0 Å². The molecule has 0 unspecified atom stereocenters. The molecule has 0 aliphatic carbocycles. The number of amides is 4. The molecule has 0 spiro atoms. The van der Waals surface area contributed by atoms with Gasteiger partial charge < -0.3 is 10.2 Å². The standard InChI is InChI=1S/C23H34N4O3/c1-17-7-8-20(18(2)15-17)24-23(30)25-21(28)16-26-13-9-19(10-14-26)22(29)27-11-5-3-4-6-12-27/h7-8,15,19H,3-6,9-14,16H2,1-2H3,(H2,24,25,28,30). The van der Waals surface area contributed by atoms with Crippen LogP contribution in [0.2, 0.25) is 0 Å². The lowest BCUT2D eigenvalue weighted by molar-refractivity contribution is -0.137. The monoisotopic (exact) mass is 414 g/mol. The topological polar surface area (TPSA) is 81.8 Å². The molecule has 1 aromatic carbocycles.